The van der Waals surface area contributed by atoms with Crippen molar-refractivity contribution in [1.82, 2.24) is 4.98 Å². The molecule has 1 amide bonds. The van der Waals surface area contributed by atoms with Gasteiger partial charge in [-0.05, 0) is 35.4 Å². The van der Waals surface area contributed by atoms with Crippen molar-refractivity contribution in [3.05, 3.63) is 53.3 Å². The molecule has 4 rings (SSSR count). The predicted octanol–water partition coefficient (Wildman–Crippen LogP) is 3.75. The van der Waals surface area contributed by atoms with E-state index in [-0.39, 0.29) is 11.8 Å². The molecule has 1 aliphatic rings. The number of furan rings is 1. The van der Waals surface area contributed by atoms with Crippen molar-refractivity contribution in [1.29, 1.82) is 5.26 Å². The summed E-state index contributed by atoms with van der Waals surface area (Å²) >= 11 is 0. The Labute approximate surface area is 150 Å². The molecular formula is C20H15N3O3. The first-order valence-electron chi connectivity index (χ1n) is 8.08. The van der Waals surface area contributed by atoms with Crippen molar-refractivity contribution in [2.45, 2.75) is 13.3 Å². The van der Waals surface area contributed by atoms with Crippen LogP contribution in [-0.2, 0) is 11.2 Å². The van der Waals surface area contributed by atoms with E-state index in [1.807, 2.05) is 24.3 Å². The number of methoxy groups -OCH3 is 1. The number of benzene rings is 1. The highest BCUT2D eigenvalue weighted by atomic mass is 16.5. The van der Waals surface area contributed by atoms with Gasteiger partial charge in [-0.3, -0.25) is 4.79 Å². The molecule has 0 bridgehead atoms. The van der Waals surface area contributed by atoms with Crippen LogP contribution < -0.4 is 10.1 Å². The van der Waals surface area contributed by atoms with E-state index in [9.17, 15) is 10.1 Å². The van der Waals surface area contributed by atoms with Gasteiger partial charge in [0.25, 0.3) is 0 Å². The predicted molar refractivity (Wildman–Crippen MR) is 95.8 cm³/mol. The van der Waals surface area contributed by atoms with Crippen LogP contribution in [0, 0.1) is 11.3 Å². The molecule has 0 unspecified atom stereocenters. The van der Waals surface area contributed by atoms with E-state index in [4.69, 9.17) is 9.15 Å². The lowest BCUT2D eigenvalue weighted by molar-refractivity contribution is -0.114. The molecule has 0 fully saturated rings. The molecule has 0 atom stereocenters. The van der Waals surface area contributed by atoms with Crippen LogP contribution in [0.1, 0.15) is 23.6 Å². The average molecular weight is 345 g/mol. The Morgan fingerprint density at radius 1 is 1.38 bits per heavy atom. The van der Waals surface area contributed by atoms with E-state index in [0.717, 1.165) is 28.1 Å². The van der Waals surface area contributed by atoms with Crippen molar-refractivity contribution in [3.8, 4) is 34.5 Å². The molecule has 128 valence electrons. The molecule has 1 aromatic carbocycles. The number of nitriles is 1. The molecule has 6 heteroatoms. The first kappa shape index (κ1) is 15.9. The van der Waals surface area contributed by atoms with E-state index in [1.54, 1.807) is 12.3 Å². The molecule has 2 aromatic heterocycles. The van der Waals surface area contributed by atoms with Crippen LogP contribution in [0.4, 0.5) is 5.69 Å². The Bertz CT molecular complexity index is 1060. The minimum atomic E-state index is -0.122. The molecule has 6 nitrogen and oxygen atoms in total. The number of amides is 1. The number of nitrogens with zero attached hydrogens (tertiary/aromatic N) is 2. The van der Waals surface area contributed by atoms with Crippen LogP contribution in [-0.4, -0.2) is 18.0 Å². The Morgan fingerprint density at radius 3 is 2.88 bits per heavy atom. The molecule has 0 saturated carbocycles. The van der Waals surface area contributed by atoms with E-state index < -0.39 is 0 Å². The number of hydrogen-bond donors (Lipinski definition) is 1. The Morgan fingerprint density at radius 2 is 2.23 bits per heavy atom. The normalized spacial score (nSPS) is 11.4. The van der Waals surface area contributed by atoms with Gasteiger partial charge in [-0.2, -0.15) is 5.26 Å². The molecule has 3 aromatic rings. The summed E-state index contributed by atoms with van der Waals surface area (Å²) in [6.45, 7) is 1.47. The lowest BCUT2D eigenvalue weighted by atomic mass is 9.99. The third kappa shape index (κ3) is 2.42. The zero-order chi connectivity index (χ0) is 18.3. The van der Waals surface area contributed by atoms with Crippen LogP contribution in [0.15, 0.2) is 41.0 Å². The monoisotopic (exact) mass is 345 g/mol. The number of hydrogen-bond acceptors (Lipinski definition) is 5. The van der Waals surface area contributed by atoms with Gasteiger partial charge in [0.1, 0.15) is 17.4 Å². The molecule has 26 heavy (non-hydrogen) atoms. The maximum Gasteiger partial charge on any atom is 0.232 e. The number of carbonyl (C=O) groups excluding carboxylic acids is 1. The third-order valence-corrected chi connectivity index (χ3v) is 4.39. The van der Waals surface area contributed by atoms with Gasteiger partial charge in [-0.25, -0.2) is 4.98 Å². The van der Waals surface area contributed by atoms with Gasteiger partial charge in [-0.15, -0.1) is 0 Å². The summed E-state index contributed by atoms with van der Waals surface area (Å²) in [6, 6.07) is 11.5. The quantitative estimate of drug-likeness (QED) is 0.611. The number of nitrogens with one attached hydrogen (secondary N) is 1. The van der Waals surface area contributed by atoms with Crippen LogP contribution in [0.2, 0.25) is 0 Å². The highest BCUT2D eigenvalue weighted by Gasteiger charge is 2.29. The number of fused-ring (bicyclic) bond motifs is 3. The summed E-state index contributed by atoms with van der Waals surface area (Å²) in [6.07, 6.45) is 2.17. The summed E-state index contributed by atoms with van der Waals surface area (Å²) in [4.78, 5) is 15.9. The van der Waals surface area contributed by atoms with Crippen molar-refractivity contribution >= 4 is 11.6 Å². The lowest BCUT2D eigenvalue weighted by Gasteiger charge is -2.11. The fraction of sp³-hybridized carbons (Fsp3) is 0.150. The van der Waals surface area contributed by atoms with Gasteiger partial charge < -0.3 is 14.5 Å². The number of carbonyl (C=O) groups is 1. The zero-order valence-corrected chi connectivity index (χ0v) is 14.3. The molecule has 1 aliphatic carbocycles. The van der Waals surface area contributed by atoms with E-state index in [2.05, 4.69) is 16.4 Å². The van der Waals surface area contributed by atoms with E-state index in [1.165, 1.54) is 14.0 Å². The summed E-state index contributed by atoms with van der Waals surface area (Å²) in [7, 11) is 1.50. The highest BCUT2D eigenvalue weighted by Crippen LogP contribution is 2.45. The second kappa shape index (κ2) is 6.05. The van der Waals surface area contributed by atoms with Gasteiger partial charge >= 0.3 is 0 Å². The molecule has 0 aliphatic heterocycles. The largest absolute Gasteiger partial charge is 0.480 e. The summed E-state index contributed by atoms with van der Waals surface area (Å²) in [5, 5.41) is 12.5. The van der Waals surface area contributed by atoms with Crippen LogP contribution in [0.3, 0.4) is 0 Å². The SMILES string of the molecule is COc1nc2c(c(-c3ccco3)c1C#N)Cc1cc(NC(C)=O)ccc1-2. The standard InChI is InChI=1S/C20H15N3O3/c1-11(24)22-13-5-6-14-12(8-13)9-15-18(17-4-3-7-26-17)16(10-21)20(25-2)23-19(14)15/h3-8H,9H2,1-2H3,(H,22,24). The highest BCUT2D eigenvalue weighted by molar-refractivity contribution is 5.91. The number of pyridine rings is 1. The summed E-state index contributed by atoms with van der Waals surface area (Å²) in [5.74, 6) is 0.758. The Kier molecular flexibility index (Phi) is 3.70. The maximum atomic E-state index is 11.3. The minimum Gasteiger partial charge on any atom is -0.480 e. The van der Waals surface area contributed by atoms with Gasteiger partial charge in [-0.1, -0.05) is 6.07 Å². The molecule has 0 spiro atoms. The number of anilines is 1. The van der Waals surface area contributed by atoms with Gasteiger partial charge in [0.2, 0.25) is 11.8 Å². The van der Waals surface area contributed by atoms with Crippen LogP contribution >= 0.6 is 0 Å². The van der Waals surface area contributed by atoms with Crippen molar-refractivity contribution in [3.63, 3.8) is 0 Å². The van der Waals surface area contributed by atoms with E-state index in [0.29, 0.717) is 23.3 Å². The summed E-state index contributed by atoms with van der Waals surface area (Å²) < 4.78 is 10.9. The van der Waals surface area contributed by atoms with Gasteiger partial charge in [0.05, 0.1) is 19.1 Å². The van der Waals surface area contributed by atoms with Gasteiger partial charge in [0, 0.05) is 30.2 Å². The molecular weight excluding hydrogens is 330 g/mol. The number of rotatable bonds is 3. The number of ether oxygens (including phenoxy) is 1. The Balaban J connectivity index is 1.94. The fourth-order valence-corrected chi connectivity index (χ4v) is 3.38. The smallest absolute Gasteiger partial charge is 0.232 e. The van der Waals surface area contributed by atoms with Crippen molar-refractivity contribution in [2.75, 3.05) is 12.4 Å². The van der Waals surface area contributed by atoms with Crippen molar-refractivity contribution < 1.29 is 13.9 Å². The molecule has 1 N–H and O–H groups in total. The Hall–Kier alpha value is -3.59. The second-order valence-electron chi connectivity index (χ2n) is 6.02. The van der Waals surface area contributed by atoms with E-state index >= 15 is 0 Å². The molecule has 2 heterocycles. The number of aromatic nitrogens is 1. The van der Waals surface area contributed by atoms with Gasteiger partial charge in [0.15, 0.2) is 0 Å². The minimum absolute atomic E-state index is 0.122. The molecule has 0 radical (unpaired) electrons. The lowest BCUT2D eigenvalue weighted by Crippen LogP contribution is -2.05. The van der Waals surface area contributed by atoms with Crippen LogP contribution in [0.5, 0.6) is 5.88 Å². The topological polar surface area (TPSA) is 88.2 Å². The molecule has 0 saturated heterocycles. The average Bonchev–Trinajstić information content (AvgIpc) is 3.26. The fourth-order valence-electron chi connectivity index (χ4n) is 3.38. The first-order chi connectivity index (χ1) is 12.6. The first-order valence-corrected chi connectivity index (χ1v) is 8.08. The second-order valence-corrected chi connectivity index (χ2v) is 6.02. The third-order valence-electron chi connectivity index (χ3n) is 4.39. The summed E-state index contributed by atoms with van der Waals surface area (Å²) in [5.41, 5.74) is 5.49. The maximum absolute atomic E-state index is 11.3. The van der Waals surface area contributed by atoms with Crippen molar-refractivity contribution in [2.24, 2.45) is 0 Å². The zero-order valence-electron chi connectivity index (χ0n) is 14.3. The van der Waals surface area contributed by atoms with Crippen LogP contribution in [0.25, 0.3) is 22.6 Å².